The molecule has 2 aliphatic carbocycles. The number of likely N-dealkylation sites (tertiary alicyclic amines) is 1. The molecule has 0 aromatic heterocycles. The van der Waals surface area contributed by atoms with Crippen LogP contribution in [0.1, 0.15) is 78.4 Å². The van der Waals surface area contributed by atoms with Crippen molar-refractivity contribution in [3.63, 3.8) is 0 Å². The van der Waals surface area contributed by atoms with Crippen molar-refractivity contribution in [2.24, 2.45) is 5.92 Å². The zero-order valence-corrected chi connectivity index (χ0v) is 29.0. The van der Waals surface area contributed by atoms with E-state index in [2.05, 4.69) is 10.2 Å². The molecule has 2 heterocycles. The second kappa shape index (κ2) is 13.2. The highest BCUT2D eigenvalue weighted by Crippen LogP contribution is 2.65. The fourth-order valence-electron chi connectivity index (χ4n) is 7.38. The Morgan fingerprint density at radius 1 is 1.15 bits per heavy atom. The van der Waals surface area contributed by atoms with Gasteiger partial charge in [0, 0.05) is 24.4 Å². The van der Waals surface area contributed by atoms with Gasteiger partial charge in [0.2, 0.25) is 0 Å². The summed E-state index contributed by atoms with van der Waals surface area (Å²) in [5, 5.41) is 14.8. The van der Waals surface area contributed by atoms with Gasteiger partial charge in [-0.15, -0.1) is 0 Å². The number of carbonyl (C=O) groups excluding carboxylic acids is 4. The number of methoxy groups -OCH3 is 1. The fraction of sp³-hybridized carbons (Fsp3) is 0.657. The molecule has 264 valence electrons. The summed E-state index contributed by atoms with van der Waals surface area (Å²) in [4.78, 5) is 53.8. The Balaban J connectivity index is 1.32. The molecule has 2 N–H and O–H groups in total. The van der Waals surface area contributed by atoms with E-state index < -0.39 is 58.9 Å². The molecule has 1 spiro atoms. The highest BCUT2D eigenvalue weighted by Gasteiger charge is 2.72. The summed E-state index contributed by atoms with van der Waals surface area (Å²) in [6.07, 6.45) is -0.305. The van der Waals surface area contributed by atoms with Crippen LogP contribution in [0.2, 0.25) is 0 Å². The summed E-state index contributed by atoms with van der Waals surface area (Å²) in [6.45, 7) is 11.1. The molecule has 0 saturated carbocycles. The molecule has 13 heteroatoms. The molecule has 5 rings (SSSR count). The second-order valence-electron chi connectivity index (χ2n) is 14.6. The van der Waals surface area contributed by atoms with Crippen LogP contribution < -0.4 is 14.8 Å². The summed E-state index contributed by atoms with van der Waals surface area (Å²) in [6, 6.07) is 2.38. The third-order valence-corrected chi connectivity index (χ3v) is 9.59. The molecule has 13 nitrogen and oxygen atoms in total. The standard InChI is InChI=1S/C35H48N2O11/c1-19(2)18-44-26(38)12-10-22(36-32(41)48-33(4,5)6)31(40)45-20(3)30(39)46-24-13-14-35(42)25-17-21-9-11-23(43-8)28-27(21)34(35,29(24)47-28)15-16-37(25)7/h9,11,13,19-20,22,25,29,42H,10,12,14-18H2,1-8H3,(H,36,41)/t20-,22-,25+,29-,34-,35+/m0/s1. The van der Waals surface area contributed by atoms with Crippen LogP contribution in [0.25, 0.3) is 0 Å². The SMILES string of the molecule is COc1ccc2c3c1O[C@H]1C(OC(=O)[C@H](C)OC(=O)[C@H](CCC(=O)OCC(C)C)NC(=O)OC(C)(C)C)=CC[C@@]4(O)[C@@H](C2)N(C)CC[C@]314. The van der Waals surface area contributed by atoms with E-state index >= 15 is 0 Å². The van der Waals surface area contributed by atoms with Gasteiger partial charge in [-0.3, -0.25) is 4.79 Å². The fourth-order valence-corrected chi connectivity index (χ4v) is 7.38. The van der Waals surface area contributed by atoms with E-state index in [-0.39, 0.29) is 43.6 Å². The lowest BCUT2D eigenvalue weighted by molar-refractivity contribution is -0.176. The Bertz CT molecular complexity index is 1480. The number of ether oxygens (including phenoxy) is 6. The topological polar surface area (TPSA) is 159 Å². The van der Waals surface area contributed by atoms with Crippen LogP contribution in [0, 0.1) is 5.92 Å². The van der Waals surface area contributed by atoms with E-state index in [1.54, 1.807) is 34.0 Å². The Hall–Kier alpha value is -3.84. The number of esters is 3. The number of rotatable bonds is 11. The molecule has 1 amide bonds. The molecule has 1 fully saturated rings. The average Bonchev–Trinajstić information content (AvgIpc) is 3.36. The lowest BCUT2D eigenvalue weighted by Gasteiger charge is -2.61. The molecular formula is C35H48N2O11. The number of likely N-dealkylation sites (N-methyl/N-ethyl adjacent to an activating group) is 1. The zero-order valence-electron chi connectivity index (χ0n) is 29.0. The molecule has 1 aromatic carbocycles. The minimum absolute atomic E-state index is 0.126. The third kappa shape index (κ3) is 6.46. The van der Waals surface area contributed by atoms with Gasteiger partial charge in [0.15, 0.2) is 23.7 Å². The number of piperidine rings is 1. The summed E-state index contributed by atoms with van der Waals surface area (Å²) in [7, 11) is 3.56. The van der Waals surface area contributed by atoms with E-state index in [0.29, 0.717) is 30.9 Å². The second-order valence-corrected chi connectivity index (χ2v) is 14.6. The van der Waals surface area contributed by atoms with E-state index in [9.17, 15) is 24.3 Å². The molecule has 4 aliphatic rings. The zero-order chi connectivity index (χ0) is 35.2. The normalized spacial score (nSPS) is 26.7. The van der Waals surface area contributed by atoms with E-state index in [1.165, 1.54) is 6.92 Å². The van der Waals surface area contributed by atoms with Crippen molar-refractivity contribution in [2.75, 3.05) is 27.3 Å². The van der Waals surface area contributed by atoms with Gasteiger partial charge >= 0.3 is 24.0 Å². The van der Waals surface area contributed by atoms with Crippen molar-refractivity contribution in [1.82, 2.24) is 10.2 Å². The maximum Gasteiger partial charge on any atom is 0.408 e. The predicted octanol–water partition coefficient (Wildman–Crippen LogP) is 3.32. The predicted molar refractivity (Wildman–Crippen MR) is 171 cm³/mol. The minimum atomic E-state index is -1.39. The Labute approximate surface area is 281 Å². The first-order chi connectivity index (χ1) is 22.5. The Morgan fingerprint density at radius 2 is 1.88 bits per heavy atom. The van der Waals surface area contributed by atoms with Crippen LogP contribution in [-0.2, 0) is 45.2 Å². The molecule has 0 radical (unpaired) electrons. The van der Waals surface area contributed by atoms with Gasteiger partial charge in [-0.2, -0.15) is 0 Å². The van der Waals surface area contributed by atoms with Gasteiger partial charge in [-0.25, -0.2) is 14.4 Å². The number of nitrogens with zero attached hydrogens (tertiary/aromatic N) is 1. The first kappa shape index (κ1) is 35.5. The van der Waals surface area contributed by atoms with Crippen LogP contribution in [0.15, 0.2) is 24.0 Å². The van der Waals surface area contributed by atoms with Gasteiger partial charge in [-0.1, -0.05) is 19.9 Å². The van der Waals surface area contributed by atoms with Crippen molar-refractivity contribution in [3.05, 3.63) is 35.1 Å². The van der Waals surface area contributed by atoms with Crippen molar-refractivity contribution >= 4 is 24.0 Å². The van der Waals surface area contributed by atoms with E-state index in [1.807, 2.05) is 33.0 Å². The highest BCUT2D eigenvalue weighted by molar-refractivity contribution is 5.85. The Morgan fingerprint density at radius 3 is 2.54 bits per heavy atom. The van der Waals surface area contributed by atoms with Crippen LogP contribution >= 0.6 is 0 Å². The number of nitrogens with one attached hydrogen (secondary N) is 1. The molecule has 1 aromatic rings. The largest absolute Gasteiger partial charge is 0.493 e. The molecule has 2 aliphatic heterocycles. The van der Waals surface area contributed by atoms with Gasteiger partial charge in [-0.05, 0) is 84.2 Å². The van der Waals surface area contributed by atoms with Crippen molar-refractivity contribution in [3.8, 4) is 11.5 Å². The molecule has 0 unspecified atom stereocenters. The van der Waals surface area contributed by atoms with Gasteiger partial charge in [0.05, 0.1) is 24.7 Å². The summed E-state index contributed by atoms with van der Waals surface area (Å²) < 4.78 is 34.0. The lowest BCUT2D eigenvalue weighted by Crippen LogP contribution is -2.74. The molecule has 1 saturated heterocycles. The number of benzene rings is 1. The first-order valence-corrected chi connectivity index (χ1v) is 16.6. The van der Waals surface area contributed by atoms with Gasteiger partial charge in [0.25, 0.3) is 0 Å². The van der Waals surface area contributed by atoms with Crippen LogP contribution in [-0.4, -0.2) is 96.8 Å². The van der Waals surface area contributed by atoms with Gasteiger partial charge in [0.1, 0.15) is 17.4 Å². The maximum absolute atomic E-state index is 13.5. The number of hydrogen-bond donors (Lipinski definition) is 2. The lowest BCUT2D eigenvalue weighted by atomic mass is 9.50. The quantitative estimate of drug-likeness (QED) is 0.261. The number of alkyl carbamates (subject to hydrolysis) is 1. The van der Waals surface area contributed by atoms with Crippen molar-refractivity contribution in [2.45, 2.75) is 115 Å². The number of hydrogen-bond acceptors (Lipinski definition) is 12. The average molecular weight is 673 g/mol. The van der Waals surface area contributed by atoms with Crippen molar-refractivity contribution < 1.29 is 52.7 Å². The van der Waals surface area contributed by atoms with Crippen LogP contribution in [0.3, 0.4) is 0 Å². The maximum atomic E-state index is 13.5. The first-order valence-electron chi connectivity index (χ1n) is 16.6. The summed E-state index contributed by atoms with van der Waals surface area (Å²) >= 11 is 0. The van der Waals surface area contributed by atoms with E-state index in [4.69, 9.17) is 28.4 Å². The third-order valence-electron chi connectivity index (χ3n) is 9.59. The highest BCUT2D eigenvalue weighted by atomic mass is 16.6. The van der Waals surface area contributed by atoms with Gasteiger partial charge < -0.3 is 43.7 Å². The minimum Gasteiger partial charge on any atom is -0.493 e. The smallest absolute Gasteiger partial charge is 0.408 e. The van der Waals surface area contributed by atoms with E-state index in [0.717, 1.165) is 11.1 Å². The molecule has 48 heavy (non-hydrogen) atoms. The van der Waals surface area contributed by atoms with Crippen LogP contribution in [0.5, 0.6) is 11.5 Å². The van der Waals surface area contributed by atoms with Crippen molar-refractivity contribution in [1.29, 1.82) is 0 Å². The number of aliphatic hydroxyl groups is 1. The monoisotopic (exact) mass is 672 g/mol. The number of amides is 1. The summed E-state index contributed by atoms with van der Waals surface area (Å²) in [5.74, 6) is -0.943. The summed E-state index contributed by atoms with van der Waals surface area (Å²) in [5.41, 5.74) is -0.952. The molecule has 2 bridgehead atoms. The molecule has 6 atom stereocenters. The number of carbonyl (C=O) groups is 4. The Kier molecular flexibility index (Phi) is 9.77. The van der Waals surface area contributed by atoms with Crippen LogP contribution in [0.4, 0.5) is 4.79 Å². The molecular weight excluding hydrogens is 624 g/mol.